The maximum atomic E-state index is 13.3. The molecule has 1 saturated heterocycles. The van der Waals surface area contributed by atoms with Gasteiger partial charge in [0, 0.05) is 24.6 Å². The van der Waals surface area contributed by atoms with E-state index in [0.717, 1.165) is 0 Å². The molecule has 8 nitrogen and oxygen atoms in total. The molecule has 2 amide bonds. The monoisotopic (exact) mass is 346 g/mol. The summed E-state index contributed by atoms with van der Waals surface area (Å²) in [6.45, 7) is 2.60. The molecule has 2 N–H and O–H groups in total. The molecule has 0 atom stereocenters. The van der Waals surface area contributed by atoms with Crippen molar-refractivity contribution in [2.24, 2.45) is 11.7 Å². The highest BCUT2D eigenvalue weighted by atomic mass is 19.1. The summed E-state index contributed by atoms with van der Waals surface area (Å²) in [6.07, 6.45) is 1.15. The van der Waals surface area contributed by atoms with E-state index >= 15 is 0 Å². The van der Waals surface area contributed by atoms with Crippen molar-refractivity contribution in [1.29, 1.82) is 0 Å². The first-order chi connectivity index (χ1) is 11.9. The molecule has 1 aromatic carbocycles. The SMILES string of the molecule is Cc1cc(-c2nnn(CC(=O)N3CCC(C(N)=O)CC3)n2)ccc1F. The largest absolute Gasteiger partial charge is 0.369 e. The number of carbonyl (C=O) groups excluding carboxylic acids is 2. The maximum Gasteiger partial charge on any atom is 0.246 e. The Morgan fingerprint density at radius 3 is 2.68 bits per heavy atom. The standard InChI is InChI=1S/C16H19FN6O2/c1-10-8-12(2-3-13(10)17)16-19-21-23(20-16)9-14(24)22-6-4-11(5-7-22)15(18)25/h2-3,8,11H,4-7,9H2,1H3,(H2,18,25). The van der Waals surface area contributed by atoms with E-state index in [4.69, 9.17) is 5.73 Å². The van der Waals surface area contributed by atoms with Crippen molar-refractivity contribution < 1.29 is 14.0 Å². The summed E-state index contributed by atoms with van der Waals surface area (Å²) in [7, 11) is 0. The van der Waals surface area contributed by atoms with Crippen LogP contribution in [0.2, 0.25) is 0 Å². The summed E-state index contributed by atoms with van der Waals surface area (Å²) in [5, 5.41) is 12.0. The van der Waals surface area contributed by atoms with Gasteiger partial charge in [-0.1, -0.05) is 0 Å². The number of aryl methyl sites for hydroxylation is 1. The predicted octanol–water partition coefficient (Wildman–Crippen LogP) is 0.512. The lowest BCUT2D eigenvalue weighted by Crippen LogP contribution is -2.43. The van der Waals surface area contributed by atoms with Crippen molar-refractivity contribution in [3.8, 4) is 11.4 Å². The number of nitrogens with zero attached hydrogens (tertiary/aromatic N) is 5. The molecule has 2 aromatic rings. The van der Waals surface area contributed by atoms with E-state index in [1.165, 1.54) is 10.9 Å². The summed E-state index contributed by atoms with van der Waals surface area (Å²) >= 11 is 0. The van der Waals surface area contributed by atoms with Crippen LogP contribution in [0.5, 0.6) is 0 Å². The Kier molecular flexibility index (Phi) is 4.73. The van der Waals surface area contributed by atoms with Crippen LogP contribution in [0.25, 0.3) is 11.4 Å². The van der Waals surface area contributed by atoms with Gasteiger partial charge in [0.1, 0.15) is 12.4 Å². The van der Waals surface area contributed by atoms with Crippen molar-refractivity contribution in [2.75, 3.05) is 13.1 Å². The number of amides is 2. The minimum Gasteiger partial charge on any atom is -0.369 e. The first-order valence-corrected chi connectivity index (χ1v) is 8.05. The van der Waals surface area contributed by atoms with E-state index in [1.54, 1.807) is 24.0 Å². The van der Waals surface area contributed by atoms with Crippen LogP contribution in [-0.4, -0.2) is 50.0 Å². The average Bonchev–Trinajstić information content (AvgIpc) is 3.06. The molecule has 1 fully saturated rings. The number of primary amides is 1. The first-order valence-electron chi connectivity index (χ1n) is 8.05. The highest BCUT2D eigenvalue weighted by Crippen LogP contribution is 2.18. The zero-order valence-corrected chi connectivity index (χ0v) is 13.9. The number of likely N-dealkylation sites (tertiary alicyclic amines) is 1. The quantitative estimate of drug-likeness (QED) is 0.868. The van der Waals surface area contributed by atoms with Gasteiger partial charge < -0.3 is 10.6 Å². The molecule has 0 spiro atoms. The minimum atomic E-state index is -0.315. The fourth-order valence-electron chi connectivity index (χ4n) is 2.84. The van der Waals surface area contributed by atoms with Gasteiger partial charge in [-0.05, 0) is 48.7 Å². The summed E-state index contributed by atoms with van der Waals surface area (Å²) in [4.78, 5) is 26.4. The Labute approximate surface area is 143 Å². The van der Waals surface area contributed by atoms with Gasteiger partial charge in [0.2, 0.25) is 17.6 Å². The molecule has 25 heavy (non-hydrogen) atoms. The lowest BCUT2D eigenvalue weighted by Gasteiger charge is -2.30. The Bertz CT molecular complexity index is 798. The number of hydrogen-bond donors (Lipinski definition) is 1. The fraction of sp³-hybridized carbons (Fsp3) is 0.438. The van der Waals surface area contributed by atoms with Crippen LogP contribution in [0.4, 0.5) is 4.39 Å². The summed E-state index contributed by atoms with van der Waals surface area (Å²) < 4.78 is 13.3. The van der Waals surface area contributed by atoms with Crippen LogP contribution < -0.4 is 5.73 Å². The van der Waals surface area contributed by atoms with Crippen molar-refractivity contribution in [3.05, 3.63) is 29.6 Å². The number of benzene rings is 1. The zero-order chi connectivity index (χ0) is 18.0. The molecular formula is C16H19FN6O2. The van der Waals surface area contributed by atoms with Gasteiger partial charge in [-0.25, -0.2) is 4.39 Å². The van der Waals surface area contributed by atoms with Crippen molar-refractivity contribution in [1.82, 2.24) is 25.1 Å². The Morgan fingerprint density at radius 2 is 2.04 bits per heavy atom. The van der Waals surface area contributed by atoms with Crippen LogP contribution in [-0.2, 0) is 16.1 Å². The molecule has 1 aliphatic heterocycles. The Hall–Kier alpha value is -2.84. The van der Waals surface area contributed by atoms with Crippen molar-refractivity contribution in [2.45, 2.75) is 26.3 Å². The number of halogens is 1. The fourth-order valence-corrected chi connectivity index (χ4v) is 2.84. The predicted molar refractivity (Wildman–Crippen MR) is 86.4 cm³/mol. The molecule has 2 heterocycles. The van der Waals surface area contributed by atoms with Gasteiger partial charge in [0.05, 0.1) is 0 Å². The molecule has 0 radical (unpaired) electrons. The van der Waals surface area contributed by atoms with E-state index in [0.29, 0.717) is 42.9 Å². The van der Waals surface area contributed by atoms with E-state index in [9.17, 15) is 14.0 Å². The highest BCUT2D eigenvalue weighted by Gasteiger charge is 2.26. The second kappa shape index (κ2) is 6.96. The third kappa shape index (κ3) is 3.81. The lowest BCUT2D eigenvalue weighted by atomic mass is 9.96. The summed E-state index contributed by atoms with van der Waals surface area (Å²) in [5.74, 6) is -0.581. The van der Waals surface area contributed by atoms with Crippen LogP contribution in [0, 0.1) is 18.7 Å². The number of tetrazole rings is 1. The average molecular weight is 346 g/mol. The van der Waals surface area contributed by atoms with E-state index in [1.807, 2.05) is 0 Å². The minimum absolute atomic E-state index is 0.0333. The van der Waals surface area contributed by atoms with Crippen LogP contribution in [0.1, 0.15) is 18.4 Å². The van der Waals surface area contributed by atoms with E-state index in [-0.39, 0.29) is 30.1 Å². The molecule has 0 saturated carbocycles. The molecular weight excluding hydrogens is 327 g/mol. The third-order valence-corrected chi connectivity index (χ3v) is 4.40. The number of nitrogens with two attached hydrogens (primary N) is 1. The normalized spacial score (nSPS) is 15.4. The van der Waals surface area contributed by atoms with Gasteiger partial charge in [-0.3, -0.25) is 9.59 Å². The Morgan fingerprint density at radius 1 is 1.32 bits per heavy atom. The van der Waals surface area contributed by atoms with Gasteiger partial charge in [-0.2, -0.15) is 4.80 Å². The molecule has 0 bridgehead atoms. The summed E-state index contributed by atoms with van der Waals surface area (Å²) in [6, 6.07) is 4.55. The number of carbonyl (C=O) groups is 2. The van der Waals surface area contributed by atoms with Crippen LogP contribution in [0.3, 0.4) is 0 Å². The lowest BCUT2D eigenvalue weighted by molar-refractivity contribution is -0.135. The van der Waals surface area contributed by atoms with Gasteiger partial charge in [0.15, 0.2) is 0 Å². The molecule has 0 aliphatic carbocycles. The second-order valence-corrected chi connectivity index (χ2v) is 6.16. The van der Waals surface area contributed by atoms with E-state index < -0.39 is 0 Å². The van der Waals surface area contributed by atoms with Gasteiger partial charge in [0.25, 0.3) is 0 Å². The van der Waals surface area contributed by atoms with E-state index in [2.05, 4.69) is 15.4 Å². The molecule has 1 aliphatic rings. The Balaban J connectivity index is 1.62. The third-order valence-electron chi connectivity index (χ3n) is 4.40. The molecule has 9 heteroatoms. The van der Waals surface area contributed by atoms with Crippen LogP contribution in [0.15, 0.2) is 18.2 Å². The zero-order valence-electron chi connectivity index (χ0n) is 13.9. The maximum absolute atomic E-state index is 13.3. The topological polar surface area (TPSA) is 107 Å². The molecule has 1 aromatic heterocycles. The first kappa shape index (κ1) is 17.0. The molecule has 132 valence electrons. The highest BCUT2D eigenvalue weighted by molar-refractivity contribution is 5.78. The van der Waals surface area contributed by atoms with Crippen molar-refractivity contribution >= 4 is 11.8 Å². The smallest absolute Gasteiger partial charge is 0.246 e. The number of hydrogen-bond acceptors (Lipinski definition) is 5. The van der Waals surface area contributed by atoms with Gasteiger partial charge in [-0.15, -0.1) is 10.2 Å². The van der Waals surface area contributed by atoms with Gasteiger partial charge >= 0.3 is 0 Å². The number of piperidine rings is 1. The second-order valence-electron chi connectivity index (χ2n) is 6.16. The van der Waals surface area contributed by atoms with Crippen molar-refractivity contribution in [3.63, 3.8) is 0 Å². The number of rotatable bonds is 4. The number of aromatic nitrogens is 4. The molecule has 0 unspecified atom stereocenters. The molecule has 3 rings (SSSR count). The summed E-state index contributed by atoms with van der Waals surface area (Å²) in [5.41, 5.74) is 6.42. The van der Waals surface area contributed by atoms with Crippen LogP contribution >= 0.6 is 0 Å².